The zero-order valence-electron chi connectivity index (χ0n) is 19.0. The molecule has 0 radical (unpaired) electrons. The third kappa shape index (κ3) is 5.05. The second-order valence-electron chi connectivity index (χ2n) is 8.16. The van der Waals surface area contributed by atoms with E-state index in [0.717, 1.165) is 29.5 Å². The van der Waals surface area contributed by atoms with Crippen LogP contribution in [0.15, 0.2) is 70.4 Å². The molecule has 1 aliphatic heterocycles. The normalized spacial score (nSPS) is 13.9. The molecular weight excluding hydrogens is 505 g/mol. The van der Waals surface area contributed by atoms with E-state index in [4.69, 9.17) is 27.6 Å². The van der Waals surface area contributed by atoms with Gasteiger partial charge in [0.15, 0.2) is 10.9 Å². The number of benzene rings is 2. The molecular formula is C25H23Cl2N5O2S. The SMILES string of the molecule is Cc1ccc(Cl)cc1N1CCN(C(=O)CSc2nnc(-c3ccco3)n2-c2ccccc2Cl)CC1. The Bertz CT molecular complexity index is 1330. The average Bonchev–Trinajstić information content (AvgIpc) is 3.54. The van der Waals surface area contributed by atoms with Crippen LogP contribution in [0.25, 0.3) is 17.3 Å². The van der Waals surface area contributed by atoms with E-state index >= 15 is 0 Å². The van der Waals surface area contributed by atoms with Crippen molar-refractivity contribution in [2.24, 2.45) is 0 Å². The molecule has 0 unspecified atom stereocenters. The lowest BCUT2D eigenvalue weighted by molar-refractivity contribution is -0.128. The van der Waals surface area contributed by atoms with Gasteiger partial charge in [-0.1, -0.05) is 53.2 Å². The van der Waals surface area contributed by atoms with E-state index in [1.807, 2.05) is 58.0 Å². The lowest BCUT2D eigenvalue weighted by Crippen LogP contribution is -2.49. The van der Waals surface area contributed by atoms with E-state index < -0.39 is 0 Å². The molecule has 1 aliphatic rings. The third-order valence-corrected chi connectivity index (χ3v) is 7.41. The first-order valence-electron chi connectivity index (χ1n) is 11.2. The number of hydrogen-bond donors (Lipinski definition) is 0. The Morgan fingerprint density at radius 3 is 2.54 bits per heavy atom. The molecule has 35 heavy (non-hydrogen) atoms. The quantitative estimate of drug-likeness (QED) is 0.305. The average molecular weight is 528 g/mol. The van der Waals surface area contributed by atoms with Gasteiger partial charge in [-0.05, 0) is 48.9 Å². The van der Waals surface area contributed by atoms with Crippen molar-refractivity contribution >= 4 is 46.6 Å². The Balaban J connectivity index is 1.28. The molecule has 1 amide bonds. The van der Waals surface area contributed by atoms with E-state index in [9.17, 15) is 4.79 Å². The molecule has 4 aromatic rings. The lowest BCUT2D eigenvalue weighted by Gasteiger charge is -2.36. The van der Waals surface area contributed by atoms with Gasteiger partial charge in [0.2, 0.25) is 11.7 Å². The van der Waals surface area contributed by atoms with Crippen molar-refractivity contribution in [3.63, 3.8) is 0 Å². The van der Waals surface area contributed by atoms with Crippen molar-refractivity contribution in [1.29, 1.82) is 0 Å². The fraction of sp³-hybridized carbons (Fsp3) is 0.240. The summed E-state index contributed by atoms with van der Waals surface area (Å²) in [6, 6.07) is 17.0. The second-order valence-corrected chi connectivity index (χ2v) is 9.94. The molecule has 180 valence electrons. The number of carbonyl (C=O) groups is 1. The number of anilines is 1. The number of aryl methyl sites for hydroxylation is 1. The van der Waals surface area contributed by atoms with Crippen LogP contribution in [0.1, 0.15) is 5.56 Å². The maximum Gasteiger partial charge on any atom is 0.233 e. The van der Waals surface area contributed by atoms with E-state index in [0.29, 0.717) is 34.9 Å². The predicted octanol–water partition coefficient (Wildman–Crippen LogP) is 5.58. The zero-order chi connectivity index (χ0) is 24.4. The number of halogens is 2. The molecule has 0 bridgehead atoms. The minimum Gasteiger partial charge on any atom is -0.461 e. The smallest absolute Gasteiger partial charge is 0.233 e. The Hall–Kier alpha value is -2.94. The minimum atomic E-state index is 0.0609. The number of amides is 1. The van der Waals surface area contributed by atoms with Gasteiger partial charge in [0.25, 0.3) is 0 Å². The molecule has 0 aliphatic carbocycles. The molecule has 1 fully saturated rings. The van der Waals surface area contributed by atoms with Crippen LogP contribution >= 0.6 is 35.0 Å². The Labute approximate surface area is 217 Å². The van der Waals surface area contributed by atoms with Crippen LogP contribution in [-0.4, -0.2) is 57.5 Å². The van der Waals surface area contributed by atoms with Gasteiger partial charge in [-0.3, -0.25) is 9.36 Å². The van der Waals surface area contributed by atoms with E-state index in [1.54, 1.807) is 12.3 Å². The summed E-state index contributed by atoms with van der Waals surface area (Å²) in [5.74, 6) is 1.41. The van der Waals surface area contributed by atoms with Crippen LogP contribution in [0.2, 0.25) is 10.0 Å². The molecule has 3 heterocycles. The number of aromatic nitrogens is 3. The Morgan fingerprint density at radius 1 is 1.00 bits per heavy atom. The van der Waals surface area contributed by atoms with Crippen molar-refractivity contribution in [2.45, 2.75) is 12.1 Å². The zero-order valence-corrected chi connectivity index (χ0v) is 21.4. The van der Waals surface area contributed by atoms with Crippen LogP contribution in [0.4, 0.5) is 5.69 Å². The summed E-state index contributed by atoms with van der Waals surface area (Å²) in [6.45, 7) is 4.90. The topological polar surface area (TPSA) is 67.4 Å². The molecule has 0 saturated carbocycles. The van der Waals surface area contributed by atoms with Gasteiger partial charge >= 0.3 is 0 Å². The number of thioether (sulfide) groups is 1. The standard InChI is InChI=1S/C25H23Cl2N5O2S/c1-17-8-9-18(26)15-21(17)30-10-12-31(13-11-30)23(33)16-35-25-29-28-24(22-7-4-14-34-22)32(25)20-6-3-2-5-19(20)27/h2-9,14-15H,10-13,16H2,1H3. The number of rotatable bonds is 6. The van der Waals surface area contributed by atoms with E-state index in [2.05, 4.69) is 22.0 Å². The summed E-state index contributed by atoms with van der Waals surface area (Å²) in [5, 5.41) is 10.5. The fourth-order valence-electron chi connectivity index (χ4n) is 4.12. The van der Waals surface area contributed by atoms with Gasteiger partial charge in [-0.25, -0.2) is 0 Å². The first-order chi connectivity index (χ1) is 17.0. The molecule has 7 nitrogen and oxygen atoms in total. The van der Waals surface area contributed by atoms with Crippen molar-refractivity contribution in [3.8, 4) is 17.3 Å². The Morgan fingerprint density at radius 2 is 1.80 bits per heavy atom. The highest BCUT2D eigenvalue weighted by atomic mass is 35.5. The minimum absolute atomic E-state index is 0.0609. The molecule has 2 aromatic carbocycles. The van der Waals surface area contributed by atoms with Crippen LogP contribution in [0, 0.1) is 6.92 Å². The number of nitrogens with zero attached hydrogens (tertiary/aromatic N) is 5. The first kappa shape index (κ1) is 23.8. The molecule has 5 rings (SSSR count). The monoisotopic (exact) mass is 527 g/mol. The maximum absolute atomic E-state index is 13.0. The molecule has 1 saturated heterocycles. The molecule has 0 N–H and O–H groups in total. The van der Waals surface area contributed by atoms with Crippen LogP contribution in [0.5, 0.6) is 0 Å². The number of para-hydroxylation sites is 1. The van der Waals surface area contributed by atoms with Crippen LogP contribution in [0.3, 0.4) is 0 Å². The summed E-state index contributed by atoms with van der Waals surface area (Å²) >= 11 is 14.0. The summed E-state index contributed by atoms with van der Waals surface area (Å²) in [5.41, 5.74) is 3.03. The van der Waals surface area contributed by atoms with Crippen molar-refractivity contribution in [2.75, 3.05) is 36.8 Å². The van der Waals surface area contributed by atoms with Crippen LogP contribution in [-0.2, 0) is 4.79 Å². The van der Waals surface area contributed by atoms with Gasteiger partial charge in [0, 0.05) is 36.9 Å². The largest absolute Gasteiger partial charge is 0.461 e. The molecule has 2 aromatic heterocycles. The summed E-state index contributed by atoms with van der Waals surface area (Å²) in [6.07, 6.45) is 1.59. The van der Waals surface area contributed by atoms with Gasteiger partial charge in [-0.2, -0.15) is 0 Å². The fourth-order valence-corrected chi connectivity index (χ4v) is 5.35. The highest BCUT2D eigenvalue weighted by Gasteiger charge is 2.24. The van der Waals surface area contributed by atoms with Crippen molar-refractivity contribution < 1.29 is 9.21 Å². The summed E-state index contributed by atoms with van der Waals surface area (Å²) in [4.78, 5) is 17.2. The Kier molecular flexibility index (Phi) is 7.04. The summed E-state index contributed by atoms with van der Waals surface area (Å²) in [7, 11) is 0. The van der Waals surface area contributed by atoms with Gasteiger partial charge in [-0.15, -0.1) is 10.2 Å². The first-order valence-corrected chi connectivity index (χ1v) is 12.9. The highest BCUT2D eigenvalue weighted by molar-refractivity contribution is 7.99. The molecule has 0 spiro atoms. The molecule has 0 atom stereocenters. The number of hydrogen-bond acceptors (Lipinski definition) is 6. The van der Waals surface area contributed by atoms with E-state index in [1.165, 1.54) is 17.3 Å². The highest BCUT2D eigenvalue weighted by Crippen LogP contribution is 2.32. The maximum atomic E-state index is 13.0. The van der Waals surface area contributed by atoms with Crippen LogP contribution < -0.4 is 4.90 Å². The third-order valence-electron chi connectivity index (χ3n) is 5.94. The lowest BCUT2D eigenvalue weighted by atomic mass is 10.1. The van der Waals surface area contributed by atoms with E-state index in [-0.39, 0.29) is 11.7 Å². The van der Waals surface area contributed by atoms with Crippen molar-refractivity contribution in [3.05, 3.63) is 76.5 Å². The predicted molar refractivity (Wildman–Crippen MR) is 140 cm³/mol. The number of furan rings is 1. The van der Waals surface area contributed by atoms with Gasteiger partial charge < -0.3 is 14.2 Å². The molecule has 10 heteroatoms. The summed E-state index contributed by atoms with van der Waals surface area (Å²) < 4.78 is 7.39. The van der Waals surface area contributed by atoms with Crippen molar-refractivity contribution in [1.82, 2.24) is 19.7 Å². The number of piperazine rings is 1. The van der Waals surface area contributed by atoms with Gasteiger partial charge in [0.1, 0.15) is 0 Å². The number of carbonyl (C=O) groups excluding carboxylic acids is 1. The van der Waals surface area contributed by atoms with Gasteiger partial charge in [0.05, 0.1) is 22.7 Å². The second kappa shape index (κ2) is 10.4.